The Morgan fingerprint density at radius 2 is 2.38 bits per heavy atom. The van der Waals surface area contributed by atoms with Crippen LogP contribution in [-0.2, 0) is 4.74 Å². The highest BCUT2D eigenvalue weighted by Gasteiger charge is 2.30. The number of likely N-dealkylation sites (tertiary alicyclic amines) is 1. The summed E-state index contributed by atoms with van der Waals surface area (Å²) in [7, 11) is 3.52. The number of methoxy groups -OCH3 is 1. The maximum absolute atomic E-state index is 11.6. The Balaban J connectivity index is 2.17. The lowest BCUT2D eigenvalue weighted by atomic mass is 10.1. The summed E-state index contributed by atoms with van der Waals surface area (Å²) in [6.45, 7) is 1.10. The first-order valence-electron chi connectivity index (χ1n) is 5.68. The fourth-order valence-electron chi connectivity index (χ4n) is 2.38. The second kappa shape index (κ2) is 4.70. The normalized spacial score (nSPS) is 25.8. The van der Waals surface area contributed by atoms with Crippen molar-refractivity contribution in [3.8, 4) is 0 Å². The number of ether oxygens (including phenoxy) is 1. The van der Waals surface area contributed by atoms with Crippen LogP contribution in [0.1, 0.15) is 19.3 Å². The van der Waals surface area contributed by atoms with Crippen LogP contribution >= 0.6 is 0 Å². The molecule has 2 aliphatic heterocycles. The van der Waals surface area contributed by atoms with Gasteiger partial charge in [-0.25, -0.2) is 4.79 Å². The molecule has 1 atom stereocenters. The van der Waals surface area contributed by atoms with Crippen LogP contribution in [0.15, 0.2) is 24.0 Å². The first-order chi connectivity index (χ1) is 7.74. The summed E-state index contributed by atoms with van der Waals surface area (Å²) in [5, 5.41) is 0. The van der Waals surface area contributed by atoms with Gasteiger partial charge in [0.1, 0.15) is 0 Å². The monoisotopic (exact) mass is 222 g/mol. The maximum Gasteiger partial charge on any atom is 0.417 e. The molecule has 0 radical (unpaired) electrons. The molecular weight excluding hydrogens is 204 g/mol. The summed E-state index contributed by atoms with van der Waals surface area (Å²) >= 11 is 0. The fourth-order valence-corrected chi connectivity index (χ4v) is 2.38. The number of rotatable bonds is 1. The van der Waals surface area contributed by atoms with E-state index in [0.29, 0.717) is 6.04 Å². The van der Waals surface area contributed by atoms with Crippen LogP contribution in [0.2, 0.25) is 0 Å². The van der Waals surface area contributed by atoms with E-state index in [1.165, 1.54) is 13.5 Å². The van der Waals surface area contributed by atoms with Crippen LogP contribution in [0, 0.1) is 0 Å². The van der Waals surface area contributed by atoms with Crippen molar-refractivity contribution in [1.29, 1.82) is 0 Å². The van der Waals surface area contributed by atoms with Gasteiger partial charge in [-0.2, -0.15) is 0 Å². The first-order valence-corrected chi connectivity index (χ1v) is 5.68. The average Bonchev–Trinajstić information content (AvgIpc) is 2.74. The number of nitrogens with zero attached hydrogens (tertiary/aromatic N) is 2. The van der Waals surface area contributed by atoms with Crippen LogP contribution in [-0.4, -0.2) is 42.6 Å². The Morgan fingerprint density at radius 1 is 1.56 bits per heavy atom. The van der Waals surface area contributed by atoms with Gasteiger partial charge in [-0.15, -0.1) is 0 Å². The average molecular weight is 222 g/mol. The standard InChI is InChI=1S/C12H18N2O2/c1-13-8-5-7-10(13)11-6-3-4-9-14(11)12(15)16-2/h4,6,9-10H,3,5,7-8H2,1-2H3. The van der Waals surface area contributed by atoms with Gasteiger partial charge in [-0.3, -0.25) is 9.80 Å². The van der Waals surface area contributed by atoms with Crippen LogP contribution in [0.25, 0.3) is 0 Å². The van der Waals surface area contributed by atoms with Gasteiger partial charge in [0.15, 0.2) is 0 Å². The van der Waals surface area contributed by atoms with Crippen LogP contribution < -0.4 is 0 Å². The summed E-state index contributed by atoms with van der Waals surface area (Å²) in [4.78, 5) is 15.5. The van der Waals surface area contributed by atoms with Crippen LogP contribution in [0.4, 0.5) is 4.79 Å². The van der Waals surface area contributed by atoms with E-state index in [4.69, 9.17) is 4.74 Å². The Kier molecular flexibility index (Phi) is 3.29. The van der Waals surface area contributed by atoms with E-state index < -0.39 is 0 Å². The second-order valence-corrected chi connectivity index (χ2v) is 4.23. The van der Waals surface area contributed by atoms with Gasteiger partial charge < -0.3 is 4.74 Å². The number of hydrogen-bond acceptors (Lipinski definition) is 3. The molecule has 1 unspecified atom stereocenters. The third-order valence-corrected chi connectivity index (χ3v) is 3.23. The van der Waals surface area contributed by atoms with Crippen LogP contribution in [0.5, 0.6) is 0 Å². The van der Waals surface area contributed by atoms with Crippen molar-refractivity contribution in [2.75, 3.05) is 20.7 Å². The predicted molar refractivity (Wildman–Crippen MR) is 61.7 cm³/mol. The lowest BCUT2D eigenvalue weighted by Gasteiger charge is -2.30. The molecule has 0 aromatic carbocycles. The highest BCUT2D eigenvalue weighted by molar-refractivity contribution is 5.71. The van der Waals surface area contributed by atoms with E-state index in [1.54, 1.807) is 4.90 Å². The second-order valence-electron chi connectivity index (χ2n) is 4.23. The van der Waals surface area contributed by atoms with Crippen molar-refractivity contribution >= 4 is 6.09 Å². The molecule has 4 nitrogen and oxygen atoms in total. The number of amides is 1. The van der Waals surface area contributed by atoms with E-state index >= 15 is 0 Å². The molecule has 0 spiro atoms. The van der Waals surface area contributed by atoms with Crippen molar-refractivity contribution in [2.24, 2.45) is 0 Å². The summed E-state index contributed by atoms with van der Waals surface area (Å²) < 4.78 is 4.79. The molecule has 2 aliphatic rings. The minimum atomic E-state index is -0.303. The topological polar surface area (TPSA) is 32.8 Å². The highest BCUT2D eigenvalue weighted by Crippen LogP contribution is 2.27. The van der Waals surface area contributed by atoms with Gasteiger partial charge in [0.2, 0.25) is 0 Å². The largest absolute Gasteiger partial charge is 0.452 e. The molecule has 1 saturated heterocycles. The van der Waals surface area contributed by atoms with E-state index in [9.17, 15) is 4.79 Å². The Labute approximate surface area is 96.2 Å². The Morgan fingerprint density at radius 3 is 3.00 bits per heavy atom. The summed E-state index contributed by atoms with van der Waals surface area (Å²) in [6.07, 6.45) is 8.79. The minimum Gasteiger partial charge on any atom is -0.452 e. The Bertz CT molecular complexity index is 336. The number of likely N-dealkylation sites (N-methyl/N-ethyl adjacent to an activating group) is 1. The van der Waals surface area contributed by atoms with Gasteiger partial charge in [0, 0.05) is 11.9 Å². The molecule has 0 aromatic heterocycles. The first kappa shape index (κ1) is 11.2. The molecule has 1 amide bonds. The molecule has 2 rings (SSSR count). The van der Waals surface area contributed by atoms with Crippen molar-refractivity contribution in [2.45, 2.75) is 25.3 Å². The molecule has 1 fully saturated rings. The number of carbonyl (C=O) groups is 1. The smallest absolute Gasteiger partial charge is 0.417 e. The fraction of sp³-hybridized carbons (Fsp3) is 0.583. The van der Waals surface area contributed by atoms with Crippen molar-refractivity contribution in [3.05, 3.63) is 24.0 Å². The number of hydrogen-bond donors (Lipinski definition) is 0. The van der Waals surface area contributed by atoms with Crippen molar-refractivity contribution < 1.29 is 9.53 Å². The molecule has 16 heavy (non-hydrogen) atoms. The van der Waals surface area contributed by atoms with Gasteiger partial charge in [0.25, 0.3) is 0 Å². The van der Waals surface area contributed by atoms with Crippen molar-refractivity contribution in [3.63, 3.8) is 0 Å². The van der Waals surface area contributed by atoms with E-state index in [-0.39, 0.29) is 6.09 Å². The van der Waals surface area contributed by atoms with Gasteiger partial charge in [-0.05, 0) is 32.9 Å². The van der Waals surface area contributed by atoms with E-state index in [2.05, 4.69) is 18.0 Å². The molecule has 2 heterocycles. The molecule has 4 heteroatoms. The van der Waals surface area contributed by atoms with Crippen LogP contribution in [0.3, 0.4) is 0 Å². The van der Waals surface area contributed by atoms with Gasteiger partial charge in [0.05, 0.1) is 13.2 Å². The van der Waals surface area contributed by atoms with E-state index in [0.717, 1.165) is 25.1 Å². The number of carbonyl (C=O) groups excluding carboxylic acids is 1. The molecule has 0 saturated carbocycles. The van der Waals surface area contributed by atoms with Gasteiger partial charge >= 0.3 is 6.09 Å². The zero-order valence-electron chi connectivity index (χ0n) is 9.85. The molecule has 0 aromatic rings. The summed E-state index contributed by atoms with van der Waals surface area (Å²) in [5.74, 6) is 0. The zero-order valence-corrected chi connectivity index (χ0v) is 9.85. The molecule has 0 N–H and O–H groups in total. The van der Waals surface area contributed by atoms with E-state index in [1.807, 2.05) is 12.3 Å². The zero-order chi connectivity index (χ0) is 11.5. The third-order valence-electron chi connectivity index (χ3n) is 3.23. The summed E-state index contributed by atoms with van der Waals surface area (Å²) in [5.41, 5.74) is 1.06. The predicted octanol–water partition coefficient (Wildman–Crippen LogP) is 1.95. The maximum atomic E-state index is 11.6. The van der Waals surface area contributed by atoms with Crippen molar-refractivity contribution in [1.82, 2.24) is 9.80 Å². The summed E-state index contributed by atoms with van der Waals surface area (Å²) in [6, 6.07) is 0.351. The van der Waals surface area contributed by atoms with Gasteiger partial charge in [-0.1, -0.05) is 12.2 Å². The third kappa shape index (κ3) is 1.97. The SMILES string of the molecule is COC(=O)N1C=CCC=C1C1CCCN1C. The highest BCUT2D eigenvalue weighted by atomic mass is 16.5. The molecule has 0 aliphatic carbocycles. The minimum absolute atomic E-state index is 0.303. The molecule has 88 valence electrons. The lowest BCUT2D eigenvalue weighted by molar-refractivity contribution is 0.142. The quantitative estimate of drug-likeness (QED) is 0.680. The lowest BCUT2D eigenvalue weighted by Crippen LogP contribution is -2.37. The molecular formula is C12H18N2O2. The number of allylic oxidation sites excluding steroid dienone is 2. The Hall–Kier alpha value is -1.29. The molecule has 0 bridgehead atoms.